The monoisotopic (exact) mass is 302 g/mol. The van der Waals surface area contributed by atoms with Gasteiger partial charge in [-0.25, -0.2) is 9.50 Å². The highest BCUT2D eigenvalue weighted by atomic mass is 16.2. The normalized spacial score (nSPS) is 19.1. The number of rotatable bonds is 2. The lowest BCUT2D eigenvalue weighted by molar-refractivity contribution is -0.135. The second kappa shape index (κ2) is 5.59. The molecule has 0 saturated carbocycles. The van der Waals surface area contributed by atoms with Crippen LogP contribution < -0.4 is 5.56 Å². The van der Waals surface area contributed by atoms with Crippen molar-refractivity contribution in [3.8, 4) is 0 Å². The third kappa shape index (κ3) is 2.65. The van der Waals surface area contributed by atoms with Crippen LogP contribution in [0.3, 0.4) is 0 Å². The molecule has 1 saturated heterocycles. The van der Waals surface area contributed by atoms with Gasteiger partial charge in [0.05, 0.1) is 0 Å². The van der Waals surface area contributed by atoms with Crippen molar-refractivity contribution in [3.05, 3.63) is 33.9 Å². The Morgan fingerprint density at radius 3 is 2.91 bits per heavy atom. The molecule has 1 atom stereocenters. The molecule has 2 aromatic heterocycles. The van der Waals surface area contributed by atoms with Crippen molar-refractivity contribution < 1.29 is 4.79 Å². The van der Waals surface area contributed by atoms with Gasteiger partial charge < -0.3 is 4.90 Å². The first-order chi connectivity index (χ1) is 10.5. The van der Waals surface area contributed by atoms with Crippen LogP contribution in [0.4, 0.5) is 0 Å². The minimum Gasteiger partial charge on any atom is -0.342 e. The maximum absolute atomic E-state index is 12.2. The number of carbonyl (C=O) groups excluding carboxylic acids is 1. The first-order valence-corrected chi connectivity index (χ1v) is 7.84. The van der Waals surface area contributed by atoms with Gasteiger partial charge in [0, 0.05) is 48.4 Å². The van der Waals surface area contributed by atoms with Crippen molar-refractivity contribution in [1.82, 2.24) is 19.5 Å². The third-order valence-electron chi connectivity index (χ3n) is 4.27. The van der Waals surface area contributed by atoms with Crippen molar-refractivity contribution >= 4 is 11.6 Å². The number of H-pyrrole nitrogens is 1. The predicted molar refractivity (Wildman–Crippen MR) is 83.9 cm³/mol. The van der Waals surface area contributed by atoms with Crippen LogP contribution in [-0.2, 0) is 4.79 Å². The van der Waals surface area contributed by atoms with Gasteiger partial charge >= 0.3 is 0 Å². The molecule has 1 fully saturated rings. The van der Waals surface area contributed by atoms with Gasteiger partial charge in [-0.1, -0.05) is 13.8 Å². The number of hydrogen-bond donors (Lipinski definition) is 1. The van der Waals surface area contributed by atoms with Gasteiger partial charge in [-0.05, 0) is 19.8 Å². The zero-order valence-electron chi connectivity index (χ0n) is 13.3. The lowest BCUT2D eigenvalue weighted by Gasteiger charge is -2.33. The Labute approximate surface area is 129 Å². The Hall–Kier alpha value is -2.11. The van der Waals surface area contributed by atoms with E-state index in [1.165, 1.54) is 10.6 Å². The van der Waals surface area contributed by atoms with Crippen LogP contribution in [0, 0.1) is 12.8 Å². The van der Waals surface area contributed by atoms with Crippen LogP contribution in [0.25, 0.3) is 5.65 Å². The van der Waals surface area contributed by atoms with E-state index in [4.69, 9.17) is 0 Å². The van der Waals surface area contributed by atoms with Crippen LogP contribution >= 0.6 is 0 Å². The molecule has 1 N–H and O–H groups in total. The van der Waals surface area contributed by atoms with Gasteiger partial charge in [0.25, 0.3) is 5.56 Å². The number of aromatic nitrogens is 3. The molecule has 1 aliphatic heterocycles. The van der Waals surface area contributed by atoms with E-state index in [2.05, 4.69) is 10.1 Å². The minimum absolute atomic E-state index is 0.0217. The fourth-order valence-corrected chi connectivity index (χ4v) is 3.13. The van der Waals surface area contributed by atoms with Gasteiger partial charge in [-0.15, -0.1) is 0 Å². The number of nitrogens with one attached hydrogen (secondary N) is 1. The molecule has 3 heterocycles. The summed E-state index contributed by atoms with van der Waals surface area (Å²) >= 11 is 0. The molecule has 22 heavy (non-hydrogen) atoms. The standard InChI is InChI=1S/C16H22N4O2/c1-10(2)16(22)19-6-4-5-12(9-19)13-8-14-17-11(3)7-15(21)20(14)18-13/h7-8,10,12,18H,4-6,9H2,1-3H3/t12-/m0/s1. The first kappa shape index (κ1) is 14.8. The van der Waals surface area contributed by atoms with E-state index in [9.17, 15) is 9.59 Å². The summed E-state index contributed by atoms with van der Waals surface area (Å²) in [5, 5.41) is 3.15. The van der Waals surface area contributed by atoms with E-state index in [0.29, 0.717) is 12.2 Å². The first-order valence-electron chi connectivity index (χ1n) is 7.84. The number of aryl methyl sites for hydroxylation is 1. The van der Waals surface area contributed by atoms with E-state index in [1.807, 2.05) is 31.7 Å². The summed E-state index contributed by atoms with van der Waals surface area (Å²) in [6.45, 7) is 7.21. The van der Waals surface area contributed by atoms with Gasteiger partial charge in [-0.2, -0.15) is 0 Å². The zero-order valence-corrected chi connectivity index (χ0v) is 13.3. The molecule has 0 unspecified atom stereocenters. The lowest BCUT2D eigenvalue weighted by atomic mass is 9.94. The van der Waals surface area contributed by atoms with Crippen LogP contribution in [-0.4, -0.2) is 38.5 Å². The molecule has 0 bridgehead atoms. The zero-order chi connectivity index (χ0) is 15.9. The quantitative estimate of drug-likeness (QED) is 0.917. The highest BCUT2D eigenvalue weighted by Gasteiger charge is 2.27. The van der Waals surface area contributed by atoms with Crippen molar-refractivity contribution in [1.29, 1.82) is 0 Å². The van der Waals surface area contributed by atoms with Gasteiger partial charge in [0.1, 0.15) is 0 Å². The average molecular weight is 302 g/mol. The topological polar surface area (TPSA) is 70.5 Å². The van der Waals surface area contributed by atoms with Crippen LogP contribution in [0.1, 0.15) is 44.0 Å². The number of amides is 1. The maximum atomic E-state index is 12.2. The van der Waals surface area contributed by atoms with Crippen molar-refractivity contribution in [3.63, 3.8) is 0 Å². The molecular formula is C16H22N4O2. The van der Waals surface area contributed by atoms with E-state index >= 15 is 0 Å². The van der Waals surface area contributed by atoms with Gasteiger partial charge in [0.15, 0.2) is 5.65 Å². The Morgan fingerprint density at radius 1 is 1.41 bits per heavy atom. The van der Waals surface area contributed by atoms with E-state index < -0.39 is 0 Å². The van der Waals surface area contributed by atoms with Gasteiger partial charge in [0.2, 0.25) is 5.91 Å². The fraction of sp³-hybridized carbons (Fsp3) is 0.562. The number of fused-ring (bicyclic) bond motifs is 1. The molecule has 1 aliphatic rings. The number of aromatic amines is 1. The summed E-state index contributed by atoms with van der Waals surface area (Å²) in [7, 11) is 0. The second-order valence-electron chi connectivity index (χ2n) is 6.42. The predicted octanol–water partition coefficient (Wildman–Crippen LogP) is 1.69. The number of hydrogen-bond acceptors (Lipinski definition) is 3. The molecule has 6 nitrogen and oxygen atoms in total. The number of nitrogens with zero attached hydrogens (tertiary/aromatic N) is 3. The molecule has 1 amide bonds. The summed E-state index contributed by atoms with van der Waals surface area (Å²) in [4.78, 5) is 30.5. The van der Waals surface area contributed by atoms with E-state index in [1.54, 1.807) is 0 Å². The van der Waals surface area contributed by atoms with Crippen LogP contribution in [0.2, 0.25) is 0 Å². The number of carbonyl (C=O) groups is 1. The lowest BCUT2D eigenvalue weighted by Crippen LogP contribution is -2.41. The van der Waals surface area contributed by atoms with Crippen LogP contribution in [0.15, 0.2) is 16.9 Å². The number of likely N-dealkylation sites (tertiary alicyclic amines) is 1. The summed E-state index contributed by atoms with van der Waals surface area (Å²) in [5.41, 5.74) is 2.25. The van der Waals surface area contributed by atoms with Crippen LogP contribution in [0.5, 0.6) is 0 Å². The second-order valence-corrected chi connectivity index (χ2v) is 6.42. The van der Waals surface area contributed by atoms with Crippen molar-refractivity contribution in [2.24, 2.45) is 5.92 Å². The summed E-state index contributed by atoms with van der Waals surface area (Å²) in [5.74, 6) is 0.457. The molecule has 118 valence electrons. The van der Waals surface area contributed by atoms with Crippen molar-refractivity contribution in [2.75, 3.05) is 13.1 Å². The Morgan fingerprint density at radius 2 is 2.18 bits per heavy atom. The minimum atomic E-state index is -0.0975. The molecule has 0 aromatic carbocycles. The highest BCUT2D eigenvalue weighted by molar-refractivity contribution is 5.78. The number of piperidine rings is 1. The third-order valence-corrected chi connectivity index (χ3v) is 4.27. The summed E-state index contributed by atoms with van der Waals surface area (Å²) in [6.07, 6.45) is 2.00. The van der Waals surface area contributed by atoms with E-state index in [-0.39, 0.29) is 23.3 Å². The highest BCUT2D eigenvalue weighted by Crippen LogP contribution is 2.27. The molecular weight excluding hydrogens is 280 g/mol. The molecule has 6 heteroatoms. The smallest absolute Gasteiger partial charge is 0.272 e. The molecule has 3 rings (SSSR count). The Kier molecular flexibility index (Phi) is 3.76. The molecule has 0 aliphatic carbocycles. The summed E-state index contributed by atoms with van der Waals surface area (Å²) < 4.78 is 1.48. The summed E-state index contributed by atoms with van der Waals surface area (Å²) in [6, 6.07) is 3.45. The molecule has 0 radical (unpaired) electrons. The largest absolute Gasteiger partial charge is 0.342 e. The fourth-order valence-electron chi connectivity index (χ4n) is 3.13. The Balaban J connectivity index is 1.89. The van der Waals surface area contributed by atoms with E-state index in [0.717, 1.165) is 30.8 Å². The average Bonchev–Trinajstić information content (AvgIpc) is 2.90. The van der Waals surface area contributed by atoms with Crippen molar-refractivity contribution in [2.45, 2.75) is 39.5 Å². The Bertz CT molecular complexity index is 759. The van der Waals surface area contributed by atoms with Gasteiger partial charge in [-0.3, -0.25) is 14.7 Å². The SMILES string of the molecule is Cc1cc(=O)n2[nH]c([C@H]3CCCN(C(=O)C(C)C)C3)cc2n1. The molecule has 0 spiro atoms. The maximum Gasteiger partial charge on any atom is 0.272 e. The molecule has 2 aromatic rings.